The highest BCUT2D eigenvalue weighted by atomic mass is 32.2. The molecule has 2 aromatic rings. The molecule has 25 heavy (non-hydrogen) atoms. The highest BCUT2D eigenvalue weighted by Crippen LogP contribution is 2.24. The summed E-state index contributed by atoms with van der Waals surface area (Å²) in [6, 6.07) is 15.0. The second-order valence-electron chi connectivity index (χ2n) is 6.31. The van der Waals surface area contributed by atoms with Crippen LogP contribution in [0.4, 0.5) is 5.69 Å². The molecule has 0 radical (unpaired) electrons. The third-order valence-corrected chi connectivity index (χ3v) is 6.09. The molecule has 1 amide bonds. The molecule has 0 aromatic heterocycles. The van der Waals surface area contributed by atoms with Crippen LogP contribution in [0.1, 0.15) is 31.1 Å². The van der Waals surface area contributed by atoms with E-state index in [0.717, 1.165) is 0 Å². The number of nitrogens with zero attached hydrogens (tertiary/aromatic N) is 1. The Balaban J connectivity index is 2.41. The first-order valence-electron chi connectivity index (χ1n) is 8.19. The van der Waals surface area contributed by atoms with Crippen molar-refractivity contribution in [3.63, 3.8) is 0 Å². The number of sulfonamides is 1. The first-order chi connectivity index (χ1) is 11.7. The monoisotopic (exact) mass is 360 g/mol. The van der Waals surface area contributed by atoms with Crippen LogP contribution in [0.3, 0.4) is 0 Å². The standard InChI is InChI=1S/C19H24N2O3S/c1-14(2)15(3)20-19(22)17-12-8-9-13-18(17)25(23,24)21(4)16-10-6-5-7-11-16/h5-15H,1-4H3,(H,20,22). The van der Waals surface area contributed by atoms with E-state index in [1.165, 1.54) is 23.5 Å². The summed E-state index contributed by atoms with van der Waals surface area (Å²) in [4.78, 5) is 12.6. The number of rotatable bonds is 6. The molecule has 6 heteroatoms. The Hall–Kier alpha value is -2.34. The van der Waals surface area contributed by atoms with Crippen LogP contribution in [0.25, 0.3) is 0 Å². The van der Waals surface area contributed by atoms with Crippen LogP contribution in [0.15, 0.2) is 59.5 Å². The van der Waals surface area contributed by atoms with Gasteiger partial charge in [-0.05, 0) is 37.1 Å². The van der Waals surface area contributed by atoms with E-state index in [0.29, 0.717) is 5.69 Å². The van der Waals surface area contributed by atoms with Crippen LogP contribution >= 0.6 is 0 Å². The molecule has 134 valence electrons. The summed E-state index contributed by atoms with van der Waals surface area (Å²) in [5.41, 5.74) is 0.686. The summed E-state index contributed by atoms with van der Waals surface area (Å²) < 4.78 is 27.2. The van der Waals surface area contributed by atoms with E-state index < -0.39 is 10.0 Å². The number of hydrogen-bond acceptors (Lipinski definition) is 3. The maximum Gasteiger partial charge on any atom is 0.264 e. The van der Waals surface area contributed by atoms with Gasteiger partial charge in [0, 0.05) is 13.1 Å². The number of benzene rings is 2. The van der Waals surface area contributed by atoms with E-state index >= 15 is 0 Å². The molecule has 0 aliphatic heterocycles. The minimum absolute atomic E-state index is 0.00481. The zero-order chi connectivity index (χ0) is 18.6. The molecule has 2 aromatic carbocycles. The Morgan fingerprint density at radius 2 is 1.52 bits per heavy atom. The minimum atomic E-state index is -3.85. The van der Waals surface area contributed by atoms with Gasteiger partial charge >= 0.3 is 0 Å². The predicted octanol–water partition coefficient (Wildman–Crippen LogP) is 3.29. The molecular formula is C19H24N2O3S. The van der Waals surface area contributed by atoms with Gasteiger partial charge in [0.25, 0.3) is 15.9 Å². The van der Waals surface area contributed by atoms with Crippen molar-refractivity contribution in [3.8, 4) is 0 Å². The van der Waals surface area contributed by atoms with Gasteiger partial charge in [-0.3, -0.25) is 9.10 Å². The summed E-state index contributed by atoms with van der Waals surface area (Å²) >= 11 is 0. The summed E-state index contributed by atoms with van der Waals surface area (Å²) in [7, 11) is -2.37. The molecule has 1 N–H and O–H groups in total. The Morgan fingerprint density at radius 1 is 0.960 bits per heavy atom. The van der Waals surface area contributed by atoms with Gasteiger partial charge in [-0.2, -0.15) is 0 Å². The Morgan fingerprint density at radius 3 is 2.12 bits per heavy atom. The average Bonchev–Trinajstić information content (AvgIpc) is 2.61. The van der Waals surface area contributed by atoms with Gasteiger partial charge in [-0.15, -0.1) is 0 Å². The number of anilines is 1. The van der Waals surface area contributed by atoms with Crippen LogP contribution < -0.4 is 9.62 Å². The molecule has 0 bridgehead atoms. The van der Waals surface area contributed by atoms with Crippen molar-refractivity contribution in [1.82, 2.24) is 5.32 Å². The Bertz CT molecular complexity index is 833. The lowest BCUT2D eigenvalue weighted by Gasteiger charge is -2.22. The predicted molar refractivity (Wildman–Crippen MR) is 100 cm³/mol. The number of para-hydroxylation sites is 1. The second kappa shape index (κ2) is 7.70. The first-order valence-corrected chi connectivity index (χ1v) is 9.63. The SMILES string of the molecule is CC(C)C(C)NC(=O)c1ccccc1S(=O)(=O)N(C)c1ccccc1. The van der Waals surface area contributed by atoms with Gasteiger partial charge in [0.1, 0.15) is 4.90 Å². The average molecular weight is 360 g/mol. The van der Waals surface area contributed by atoms with Crippen LogP contribution in [0.5, 0.6) is 0 Å². The van der Waals surface area contributed by atoms with E-state index in [2.05, 4.69) is 5.32 Å². The molecule has 0 aliphatic carbocycles. The Kier molecular flexibility index (Phi) is 5.85. The minimum Gasteiger partial charge on any atom is -0.349 e. The molecule has 0 spiro atoms. The number of carbonyl (C=O) groups is 1. The smallest absolute Gasteiger partial charge is 0.264 e. The van der Waals surface area contributed by atoms with Crippen LogP contribution in [0, 0.1) is 5.92 Å². The molecule has 1 unspecified atom stereocenters. The number of nitrogens with one attached hydrogen (secondary N) is 1. The van der Waals surface area contributed by atoms with Crippen LogP contribution in [0.2, 0.25) is 0 Å². The van der Waals surface area contributed by atoms with Crippen molar-refractivity contribution in [2.45, 2.75) is 31.7 Å². The van der Waals surface area contributed by atoms with E-state index in [-0.39, 0.29) is 28.3 Å². The summed E-state index contributed by atoms with van der Waals surface area (Å²) in [6.07, 6.45) is 0. The van der Waals surface area contributed by atoms with Gasteiger partial charge in [-0.25, -0.2) is 8.42 Å². The lowest BCUT2D eigenvalue weighted by Crippen LogP contribution is -2.37. The largest absolute Gasteiger partial charge is 0.349 e. The summed E-state index contributed by atoms with van der Waals surface area (Å²) in [5, 5.41) is 2.86. The van der Waals surface area contributed by atoms with E-state index in [1.807, 2.05) is 26.8 Å². The zero-order valence-corrected chi connectivity index (χ0v) is 15.7. The van der Waals surface area contributed by atoms with E-state index in [1.54, 1.807) is 36.4 Å². The Labute approximate surface area is 149 Å². The molecule has 0 heterocycles. The van der Waals surface area contributed by atoms with Crippen molar-refractivity contribution >= 4 is 21.6 Å². The third-order valence-electron chi connectivity index (χ3n) is 4.25. The van der Waals surface area contributed by atoms with Crippen molar-refractivity contribution in [2.24, 2.45) is 5.92 Å². The van der Waals surface area contributed by atoms with Gasteiger partial charge in [-0.1, -0.05) is 44.2 Å². The molecule has 0 aliphatic rings. The van der Waals surface area contributed by atoms with Gasteiger partial charge in [0.15, 0.2) is 0 Å². The highest BCUT2D eigenvalue weighted by molar-refractivity contribution is 7.92. The maximum absolute atomic E-state index is 13.0. The maximum atomic E-state index is 13.0. The van der Waals surface area contributed by atoms with Gasteiger partial charge in [0.05, 0.1) is 11.3 Å². The number of hydrogen-bond donors (Lipinski definition) is 1. The number of amides is 1. The first kappa shape index (κ1) is 19.0. The normalized spacial score (nSPS) is 12.7. The molecule has 0 saturated carbocycles. The fourth-order valence-corrected chi connectivity index (χ4v) is 3.64. The van der Waals surface area contributed by atoms with Crippen molar-refractivity contribution < 1.29 is 13.2 Å². The van der Waals surface area contributed by atoms with Crippen LogP contribution in [-0.4, -0.2) is 27.4 Å². The van der Waals surface area contributed by atoms with Crippen LogP contribution in [-0.2, 0) is 10.0 Å². The topological polar surface area (TPSA) is 66.5 Å². The molecule has 0 fully saturated rings. The van der Waals surface area contributed by atoms with Gasteiger partial charge < -0.3 is 5.32 Å². The van der Waals surface area contributed by atoms with Crippen molar-refractivity contribution in [3.05, 3.63) is 60.2 Å². The van der Waals surface area contributed by atoms with Crippen molar-refractivity contribution in [1.29, 1.82) is 0 Å². The second-order valence-corrected chi connectivity index (χ2v) is 8.25. The molecule has 5 nitrogen and oxygen atoms in total. The highest BCUT2D eigenvalue weighted by Gasteiger charge is 2.27. The van der Waals surface area contributed by atoms with Crippen molar-refractivity contribution in [2.75, 3.05) is 11.4 Å². The summed E-state index contributed by atoms with van der Waals surface area (Å²) in [6.45, 7) is 5.89. The summed E-state index contributed by atoms with van der Waals surface area (Å²) in [5.74, 6) is -0.137. The zero-order valence-electron chi connectivity index (χ0n) is 14.9. The van der Waals surface area contributed by atoms with E-state index in [4.69, 9.17) is 0 Å². The number of carbonyl (C=O) groups excluding carboxylic acids is 1. The third kappa shape index (κ3) is 4.20. The molecular weight excluding hydrogens is 336 g/mol. The fraction of sp³-hybridized carbons (Fsp3) is 0.316. The molecule has 0 saturated heterocycles. The lowest BCUT2D eigenvalue weighted by atomic mass is 10.1. The lowest BCUT2D eigenvalue weighted by molar-refractivity contribution is 0.0927. The fourth-order valence-electron chi connectivity index (χ4n) is 2.25. The van der Waals surface area contributed by atoms with Gasteiger partial charge in [0.2, 0.25) is 0 Å². The van der Waals surface area contributed by atoms with E-state index in [9.17, 15) is 13.2 Å². The molecule has 2 rings (SSSR count). The molecule has 1 atom stereocenters. The quantitative estimate of drug-likeness (QED) is 0.860.